The fraction of sp³-hybridized carbons (Fsp3) is 0. The molecule has 0 atom stereocenters. The van der Waals surface area contributed by atoms with E-state index in [1.807, 2.05) is 0 Å². The number of carboxylic acid groups (broad SMARTS) is 1. The fourth-order valence-corrected chi connectivity index (χ4v) is 2.71. The van der Waals surface area contributed by atoms with Gasteiger partial charge >= 0.3 is 5.97 Å². The van der Waals surface area contributed by atoms with Gasteiger partial charge in [-0.1, -0.05) is 48.5 Å². The van der Waals surface area contributed by atoms with Gasteiger partial charge in [-0.25, -0.2) is 4.79 Å². The normalized spacial score (nSPS) is 10.6. The highest BCUT2D eigenvalue weighted by atomic mass is 16.6. The number of hydrogen-bond acceptors (Lipinski definition) is 4. The van der Waals surface area contributed by atoms with Gasteiger partial charge in [-0.2, -0.15) is 0 Å². The van der Waals surface area contributed by atoms with E-state index < -0.39 is 16.8 Å². The number of rotatable bonds is 6. The second-order valence-electron chi connectivity index (χ2n) is 6.10. The summed E-state index contributed by atoms with van der Waals surface area (Å²) in [6, 6.07) is 19.7. The van der Waals surface area contributed by atoms with E-state index in [9.17, 15) is 19.7 Å². The van der Waals surface area contributed by atoms with E-state index in [2.05, 4.69) is 5.32 Å². The minimum Gasteiger partial charge on any atom is -0.478 e. The Bertz CT molecular complexity index is 1100. The van der Waals surface area contributed by atoms with Gasteiger partial charge in [-0.3, -0.25) is 14.9 Å². The molecule has 7 heteroatoms. The number of para-hydroxylation sites is 1. The molecule has 0 unspecified atom stereocenters. The highest BCUT2D eigenvalue weighted by molar-refractivity contribution is 6.06. The van der Waals surface area contributed by atoms with Gasteiger partial charge in [0.15, 0.2) is 0 Å². The zero-order chi connectivity index (χ0) is 20.8. The molecule has 0 fully saturated rings. The van der Waals surface area contributed by atoms with Crippen molar-refractivity contribution in [2.75, 3.05) is 5.32 Å². The second kappa shape index (κ2) is 8.62. The number of nitro groups is 1. The summed E-state index contributed by atoms with van der Waals surface area (Å²) in [5, 5.41) is 22.6. The number of benzene rings is 3. The third-order valence-electron chi connectivity index (χ3n) is 4.14. The summed E-state index contributed by atoms with van der Waals surface area (Å²) in [4.78, 5) is 33.7. The molecular weight excluding hydrogens is 372 g/mol. The predicted molar refractivity (Wildman–Crippen MR) is 110 cm³/mol. The number of carbonyl (C=O) groups excluding carboxylic acids is 1. The summed E-state index contributed by atoms with van der Waals surface area (Å²) in [5.74, 6) is -1.58. The molecule has 3 rings (SSSR count). The molecule has 2 N–H and O–H groups in total. The number of hydrogen-bond donors (Lipinski definition) is 2. The number of carbonyl (C=O) groups is 2. The van der Waals surface area contributed by atoms with Crippen molar-refractivity contribution >= 4 is 29.3 Å². The summed E-state index contributed by atoms with van der Waals surface area (Å²) in [6.07, 6.45) is 2.90. The molecule has 0 aliphatic carbocycles. The number of non-ortho nitro benzene ring substituents is 1. The number of nitro benzene ring substituents is 1. The molecule has 3 aromatic rings. The maximum atomic E-state index is 12.1. The van der Waals surface area contributed by atoms with E-state index in [0.717, 1.165) is 16.7 Å². The maximum absolute atomic E-state index is 12.1. The Hall–Kier alpha value is -4.26. The maximum Gasteiger partial charge on any atom is 0.337 e. The Morgan fingerprint density at radius 1 is 0.931 bits per heavy atom. The third-order valence-corrected chi connectivity index (χ3v) is 4.14. The lowest BCUT2D eigenvalue weighted by Gasteiger charge is -2.06. The van der Waals surface area contributed by atoms with Gasteiger partial charge in [0.2, 0.25) is 5.91 Å². The van der Waals surface area contributed by atoms with Gasteiger partial charge in [0, 0.05) is 18.2 Å². The number of amides is 1. The first-order valence-electron chi connectivity index (χ1n) is 8.60. The standard InChI is InChI=1S/C22H16N2O5/c25-21(23-20-7-2-1-6-19(20)22(26)27)13-10-15-8-11-16(12-9-15)17-4-3-5-18(14-17)24(28)29/h1-14H,(H,23,25)(H,26,27)/b13-10+. The first-order valence-corrected chi connectivity index (χ1v) is 8.60. The van der Waals surface area contributed by atoms with Crippen LogP contribution in [-0.2, 0) is 4.79 Å². The average Bonchev–Trinajstić information content (AvgIpc) is 2.73. The molecule has 0 saturated heterocycles. The lowest BCUT2D eigenvalue weighted by molar-refractivity contribution is -0.384. The van der Waals surface area contributed by atoms with Crippen LogP contribution in [0.15, 0.2) is 78.9 Å². The Labute approximate surface area is 166 Å². The molecule has 3 aromatic carbocycles. The third kappa shape index (κ3) is 4.92. The lowest BCUT2D eigenvalue weighted by atomic mass is 10.0. The van der Waals surface area contributed by atoms with E-state index in [1.165, 1.54) is 30.3 Å². The highest BCUT2D eigenvalue weighted by Gasteiger charge is 2.10. The van der Waals surface area contributed by atoms with Crippen LogP contribution < -0.4 is 5.32 Å². The molecule has 0 radical (unpaired) electrons. The molecular formula is C22H16N2O5. The van der Waals surface area contributed by atoms with Gasteiger partial charge < -0.3 is 10.4 Å². The zero-order valence-electron chi connectivity index (χ0n) is 15.1. The van der Waals surface area contributed by atoms with Crippen LogP contribution in [0.1, 0.15) is 15.9 Å². The van der Waals surface area contributed by atoms with Gasteiger partial charge in [-0.05, 0) is 34.9 Å². The minimum absolute atomic E-state index is 0.00978. The Kier molecular flexibility index (Phi) is 5.80. The summed E-state index contributed by atoms with van der Waals surface area (Å²) < 4.78 is 0. The summed E-state index contributed by atoms with van der Waals surface area (Å²) in [7, 11) is 0. The van der Waals surface area contributed by atoms with Gasteiger partial charge in [0.25, 0.3) is 5.69 Å². The van der Waals surface area contributed by atoms with Crippen molar-refractivity contribution in [3.63, 3.8) is 0 Å². The molecule has 0 aliphatic heterocycles. The second-order valence-corrected chi connectivity index (χ2v) is 6.10. The number of carboxylic acids is 1. The van der Waals surface area contributed by atoms with E-state index in [4.69, 9.17) is 5.11 Å². The topological polar surface area (TPSA) is 110 Å². The molecule has 0 spiro atoms. The minimum atomic E-state index is -1.12. The monoisotopic (exact) mass is 388 g/mol. The van der Waals surface area contributed by atoms with E-state index in [0.29, 0.717) is 0 Å². The highest BCUT2D eigenvalue weighted by Crippen LogP contribution is 2.24. The molecule has 0 saturated carbocycles. The van der Waals surface area contributed by atoms with Crippen LogP contribution in [0.4, 0.5) is 11.4 Å². The van der Waals surface area contributed by atoms with Crippen molar-refractivity contribution < 1.29 is 19.6 Å². The van der Waals surface area contributed by atoms with E-state index in [1.54, 1.807) is 54.6 Å². The summed E-state index contributed by atoms with van der Waals surface area (Å²) >= 11 is 0. The van der Waals surface area contributed by atoms with Crippen molar-refractivity contribution in [3.8, 4) is 11.1 Å². The fourth-order valence-electron chi connectivity index (χ4n) is 2.71. The molecule has 1 amide bonds. The van der Waals surface area contributed by atoms with Crippen LogP contribution in [-0.4, -0.2) is 21.9 Å². The predicted octanol–water partition coefficient (Wildman–Crippen LogP) is 4.61. The number of nitrogens with one attached hydrogen (secondary N) is 1. The van der Waals surface area contributed by atoms with Crippen molar-refractivity contribution in [2.45, 2.75) is 0 Å². The average molecular weight is 388 g/mol. The zero-order valence-corrected chi connectivity index (χ0v) is 15.1. The van der Waals surface area contributed by atoms with E-state index >= 15 is 0 Å². The molecule has 144 valence electrons. The molecule has 0 heterocycles. The largest absolute Gasteiger partial charge is 0.478 e. The van der Waals surface area contributed by atoms with Crippen LogP contribution >= 0.6 is 0 Å². The molecule has 0 aromatic heterocycles. The molecule has 29 heavy (non-hydrogen) atoms. The quantitative estimate of drug-likeness (QED) is 0.364. The van der Waals surface area contributed by atoms with Crippen LogP contribution in [0, 0.1) is 10.1 Å². The van der Waals surface area contributed by atoms with Crippen molar-refractivity contribution in [2.24, 2.45) is 0 Å². The van der Waals surface area contributed by atoms with Gasteiger partial charge in [-0.15, -0.1) is 0 Å². The summed E-state index contributed by atoms with van der Waals surface area (Å²) in [6.45, 7) is 0. The number of nitrogens with zero attached hydrogens (tertiary/aromatic N) is 1. The van der Waals surface area contributed by atoms with Crippen molar-refractivity contribution in [1.29, 1.82) is 0 Å². The lowest BCUT2D eigenvalue weighted by Crippen LogP contribution is -2.11. The Morgan fingerprint density at radius 2 is 1.66 bits per heavy atom. The van der Waals surface area contributed by atoms with E-state index in [-0.39, 0.29) is 16.9 Å². The number of anilines is 1. The smallest absolute Gasteiger partial charge is 0.337 e. The SMILES string of the molecule is O=C(/C=C/c1ccc(-c2cccc([N+](=O)[O-])c2)cc1)Nc1ccccc1C(=O)O. The van der Waals surface area contributed by atoms with Gasteiger partial charge in [0.05, 0.1) is 16.2 Å². The molecule has 0 bridgehead atoms. The van der Waals surface area contributed by atoms with Crippen LogP contribution in [0.5, 0.6) is 0 Å². The van der Waals surface area contributed by atoms with Crippen LogP contribution in [0.2, 0.25) is 0 Å². The Morgan fingerprint density at radius 3 is 2.34 bits per heavy atom. The summed E-state index contributed by atoms with van der Waals surface area (Å²) in [5.41, 5.74) is 2.53. The van der Waals surface area contributed by atoms with Crippen LogP contribution in [0.25, 0.3) is 17.2 Å². The first-order chi connectivity index (χ1) is 13.9. The number of aromatic carboxylic acids is 1. The van der Waals surface area contributed by atoms with Crippen LogP contribution in [0.3, 0.4) is 0 Å². The molecule has 0 aliphatic rings. The van der Waals surface area contributed by atoms with Crippen molar-refractivity contribution in [3.05, 3.63) is 100 Å². The van der Waals surface area contributed by atoms with Crippen molar-refractivity contribution in [1.82, 2.24) is 0 Å². The van der Waals surface area contributed by atoms with Gasteiger partial charge in [0.1, 0.15) is 0 Å². The first kappa shape index (κ1) is 19.5. The Balaban J connectivity index is 1.70. The molecule has 7 nitrogen and oxygen atoms in total.